The molecule has 2 rings (SSSR count). The molecule has 19 heavy (non-hydrogen) atoms. The van der Waals surface area contributed by atoms with E-state index in [9.17, 15) is 0 Å². The van der Waals surface area contributed by atoms with E-state index >= 15 is 0 Å². The molecule has 0 amide bonds. The van der Waals surface area contributed by atoms with Crippen LogP contribution in [0.5, 0.6) is 0 Å². The number of aromatic nitrogens is 3. The molecule has 1 N–H and O–H groups in total. The van der Waals surface area contributed by atoms with E-state index in [0.29, 0.717) is 0 Å². The zero-order valence-electron chi connectivity index (χ0n) is 11.6. The number of hydrogen-bond donors (Lipinski definition) is 1. The Balaban J connectivity index is 1.98. The Labute approximate surface area is 118 Å². The fraction of sp³-hybridized carbons (Fsp3) is 0.500. The average molecular weight is 277 g/mol. The molecular formula is C14H21N4S+. The molecule has 5 heteroatoms. The molecule has 0 atom stereocenters. The smallest absolute Gasteiger partial charge is 0.178 e. The standard InChI is InChI=1S/C14H21N4S/c1-3-4-5-6-9-15-14-13(16-19-17-14)12-8-7-10-18(2)11-12/h7-8,10-11H,3-6,9H2,1-2H3,(H,15,17)/q+1. The summed E-state index contributed by atoms with van der Waals surface area (Å²) < 4.78 is 10.8. The summed E-state index contributed by atoms with van der Waals surface area (Å²) in [6, 6.07) is 4.10. The van der Waals surface area contributed by atoms with Gasteiger partial charge in [-0.25, -0.2) is 4.57 Å². The van der Waals surface area contributed by atoms with Gasteiger partial charge in [-0.15, -0.1) is 0 Å². The SMILES string of the molecule is CCCCCCNc1nsnc1-c1ccc[n+](C)c1. The molecule has 0 aliphatic rings. The van der Waals surface area contributed by atoms with Gasteiger partial charge in [0, 0.05) is 12.6 Å². The van der Waals surface area contributed by atoms with Gasteiger partial charge in [-0.05, 0) is 12.5 Å². The Morgan fingerprint density at radius 2 is 2.16 bits per heavy atom. The topological polar surface area (TPSA) is 41.7 Å². The zero-order chi connectivity index (χ0) is 13.5. The molecule has 0 aliphatic heterocycles. The van der Waals surface area contributed by atoms with Gasteiger partial charge in [0.2, 0.25) is 0 Å². The van der Waals surface area contributed by atoms with Crippen molar-refractivity contribution in [2.75, 3.05) is 11.9 Å². The van der Waals surface area contributed by atoms with E-state index in [1.165, 1.54) is 37.4 Å². The third-order valence-corrected chi connectivity index (χ3v) is 3.55. The Kier molecular flexibility index (Phi) is 5.27. The van der Waals surface area contributed by atoms with Crippen molar-refractivity contribution in [3.05, 3.63) is 24.5 Å². The molecule has 2 heterocycles. The number of aryl methyl sites for hydroxylation is 1. The van der Waals surface area contributed by atoms with Crippen LogP contribution >= 0.6 is 11.7 Å². The normalized spacial score (nSPS) is 10.6. The highest BCUT2D eigenvalue weighted by molar-refractivity contribution is 6.99. The van der Waals surface area contributed by atoms with Gasteiger partial charge in [0.1, 0.15) is 12.7 Å². The number of nitrogens with one attached hydrogen (secondary N) is 1. The van der Waals surface area contributed by atoms with Crippen LogP contribution in [0.3, 0.4) is 0 Å². The van der Waals surface area contributed by atoms with Crippen molar-refractivity contribution in [3.8, 4) is 11.3 Å². The van der Waals surface area contributed by atoms with Crippen molar-refractivity contribution in [1.29, 1.82) is 0 Å². The van der Waals surface area contributed by atoms with E-state index in [0.717, 1.165) is 23.6 Å². The molecular weight excluding hydrogens is 256 g/mol. The van der Waals surface area contributed by atoms with E-state index in [4.69, 9.17) is 0 Å². The minimum absolute atomic E-state index is 0.910. The molecule has 2 aromatic heterocycles. The van der Waals surface area contributed by atoms with Crippen molar-refractivity contribution in [2.24, 2.45) is 7.05 Å². The van der Waals surface area contributed by atoms with Crippen LogP contribution in [0.4, 0.5) is 5.82 Å². The number of hydrogen-bond acceptors (Lipinski definition) is 4. The Morgan fingerprint density at radius 1 is 1.26 bits per heavy atom. The van der Waals surface area contributed by atoms with Crippen molar-refractivity contribution in [2.45, 2.75) is 32.6 Å². The third-order valence-electron chi connectivity index (χ3n) is 3.02. The molecule has 0 aliphatic carbocycles. The number of anilines is 1. The summed E-state index contributed by atoms with van der Waals surface area (Å²) in [5.41, 5.74) is 2.06. The van der Waals surface area contributed by atoms with Crippen LogP contribution in [-0.4, -0.2) is 15.3 Å². The first-order valence-corrected chi connectivity index (χ1v) is 7.56. The van der Waals surface area contributed by atoms with Crippen molar-refractivity contribution >= 4 is 17.5 Å². The van der Waals surface area contributed by atoms with Gasteiger partial charge in [0.25, 0.3) is 0 Å². The fourth-order valence-corrected chi connectivity index (χ4v) is 2.53. The number of nitrogens with zero attached hydrogens (tertiary/aromatic N) is 3. The minimum atomic E-state index is 0.910. The molecule has 0 spiro atoms. The fourth-order valence-electron chi connectivity index (χ4n) is 1.98. The lowest BCUT2D eigenvalue weighted by molar-refractivity contribution is -0.671. The van der Waals surface area contributed by atoms with E-state index in [2.05, 4.69) is 33.3 Å². The zero-order valence-corrected chi connectivity index (χ0v) is 12.4. The quantitative estimate of drug-likeness (QED) is 0.625. The van der Waals surface area contributed by atoms with Gasteiger partial charge in [0.15, 0.2) is 18.2 Å². The second-order valence-electron chi connectivity index (χ2n) is 4.71. The second-order valence-corrected chi connectivity index (χ2v) is 5.24. The molecule has 4 nitrogen and oxygen atoms in total. The van der Waals surface area contributed by atoms with Crippen LogP contribution < -0.4 is 9.88 Å². The molecule has 0 radical (unpaired) electrons. The highest BCUT2D eigenvalue weighted by atomic mass is 32.1. The van der Waals surface area contributed by atoms with Gasteiger partial charge < -0.3 is 5.32 Å². The predicted octanol–water partition coefficient (Wildman–Crippen LogP) is 3.02. The lowest BCUT2D eigenvalue weighted by Crippen LogP contribution is -2.26. The van der Waals surface area contributed by atoms with Crippen LogP contribution in [0.15, 0.2) is 24.5 Å². The summed E-state index contributed by atoms with van der Waals surface area (Å²) in [7, 11) is 2.02. The maximum Gasteiger partial charge on any atom is 0.178 e. The van der Waals surface area contributed by atoms with Crippen LogP contribution in [-0.2, 0) is 7.05 Å². The van der Waals surface area contributed by atoms with E-state index in [1.54, 1.807) is 0 Å². The summed E-state index contributed by atoms with van der Waals surface area (Å²) in [5, 5.41) is 3.40. The molecule has 0 saturated heterocycles. The summed E-state index contributed by atoms with van der Waals surface area (Å²) in [6.07, 6.45) is 9.12. The molecule has 0 bridgehead atoms. The Hall–Kier alpha value is -1.49. The lowest BCUT2D eigenvalue weighted by atomic mass is 10.2. The maximum absolute atomic E-state index is 4.40. The van der Waals surface area contributed by atoms with Crippen molar-refractivity contribution in [1.82, 2.24) is 8.75 Å². The maximum atomic E-state index is 4.40. The van der Waals surface area contributed by atoms with Crippen molar-refractivity contribution < 1.29 is 4.57 Å². The molecule has 2 aromatic rings. The summed E-state index contributed by atoms with van der Waals surface area (Å²) >= 11 is 1.26. The van der Waals surface area contributed by atoms with E-state index in [-0.39, 0.29) is 0 Å². The average Bonchev–Trinajstić information content (AvgIpc) is 2.87. The van der Waals surface area contributed by atoms with Gasteiger partial charge in [-0.1, -0.05) is 26.2 Å². The van der Waals surface area contributed by atoms with Gasteiger partial charge >= 0.3 is 0 Å². The number of rotatable bonds is 7. The van der Waals surface area contributed by atoms with Gasteiger partial charge in [-0.2, -0.15) is 8.75 Å². The van der Waals surface area contributed by atoms with E-state index < -0.39 is 0 Å². The predicted molar refractivity (Wildman–Crippen MR) is 79.2 cm³/mol. The monoisotopic (exact) mass is 277 g/mol. The van der Waals surface area contributed by atoms with E-state index in [1.807, 2.05) is 23.9 Å². The first-order valence-electron chi connectivity index (χ1n) is 6.83. The molecule has 0 aromatic carbocycles. The van der Waals surface area contributed by atoms with Crippen LogP contribution in [0, 0.1) is 0 Å². The summed E-state index contributed by atoms with van der Waals surface area (Å²) in [4.78, 5) is 0. The molecule has 102 valence electrons. The van der Waals surface area contributed by atoms with Crippen molar-refractivity contribution in [3.63, 3.8) is 0 Å². The minimum Gasteiger partial charge on any atom is -0.367 e. The lowest BCUT2D eigenvalue weighted by Gasteiger charge is -2.04. The van der Waals surface area contributed by atoms with Crippen LogP contribution in [0.25, 0.3) is 11.3 Å². The van der Waals surface area contributed by atoms with Gasteiger partial charge in [-0.3, -0.25) is 0 Å². The van der Waals surface area contributed by atoms with Gasteiger partial charge in [0.05, 0.1) is 17.3 Å². The second kappa shape index (κ2) is 7.19. The molecule has 0 fully saturated rings. The van der Waals surface area contributed by atoms with Crippen LogP contribution in [0.2, 0.25) is 0 Å². The first kappa shape index (κ1) is 13.9. The van der Waals surface area contributed by atoms with Crippen LogP contribution in [0.1, 0.15) is 32.6 Å². The Bertz CT molecular complexity index is 510. The Morgan fingerprint density at radius 3 is 2.95 bits per heavy atom. The highest BCUT2D eigenvalue weighted by Crippen LogP contribution is 2.24. The molecule has 0 unspecified atom stereocenters. The number of pyridine rings is 1. The summed E-state index contributed by atoms with van der Waals surface area (Å²) in [6.45, 7) is 3.20. The third kappa shape index (κ3) is 3.99. The highest BCUT2D eigenvalue weighted by Gasteiger charge is 2.12. The number of unbranched alkanes of at least 4 members (excludes halogenated alkanes) is 3. The largest absolute Gasteiger partial charge is 0.367 e. The molecule has 0 saturated carbocycles. The first-order chi connectivity index (χ1) is 9.31. The summed E-state index contributed by atoms with van der Waals surface area (Å²) in [5.74, 6) is 0.910.